The van der Waals surface area contributed by atoms with Crippen LogP contribution in [0.3, 0.4) is 0 Å². The van der Waals surface area contributed by atoms with Crippen molar-refractivity contribution in [2.24, 2.45) is 0 Å². The number of aryl methyl sites for hydroxylation is 1. The number of hydrogen-bond donors (Lipinski definition) is 1. The molecule has 0 saturated carbocycles. The molecule has 72 valence electrons. The second kappa shape index (κ2) is 3.22. The summed E-state index contributed by atoms with van der Waals surface area (Å²) in [5.74, 6) is 0. The third-order valence-corrected chi connectivity index (χ3v) is 2.48. The fraction of sp³-hybridized carbons (Fsp3) is 0.455. The molecule has 0 aliphatic rings. The summed E-state index contributed by atoms with van der Waals surface area (Å²) in [6.45, 7) is 8.57. The van der Waals surface area contributed by atoms with E-state index >= 15 is 0 Å². The Morgan fingerprint density at radius 2 is 1.77 bits per heavy atom. The van der Waals surface area contributed by atoms with Gasteiger partial charge in [0.1, 0.15) is 0 Å². The van der Waals surface area contributed by atoms with Crippen molar-refractivity contribution in [2.75, 3.05) is 5.73 Å². The molecule has 0 amide bonds. The van der Waals surface area contributed by atoms with E-state index in [9.17, 15) is 0 Å². The molecule has 0 atom stereocenters. The Balaban J connectivity index is 3.32. The Hall–Kier alpha value is -0.690. The van der Waals surface area contributed by atoms with E-state index in [-0.39, 0.29) is 5.41 Å². The van der Waals surface area contributed by atoms with Gasteiger partial charge in [-0.1, -0.05) is 32.4 Å². The van der Waals surface area contributed by atoms with Crippen molar-refractivity contribution in [3.8, 4) is 0 Å². The van der Waals surface area contributed by atoms with E-state index in [4.69, 9.17) is 17.3 Å². The summed E-state index contributed by atoms with van der Waals surface area (Å²) in [5.41, 5.74) is 9.01. The van der Waals surface area contributed by atoms with Crippen LogP contribution in [0.4, 0.5) is 5.69 Å². The Morgan fingerprint density at radius 3 is 2.23 bits per heavy atom. The first-order valence-corrected chi connectivity index (χ1v) is 4.76. The second-order valence-electron chi connectivity index (χ2n) is 4.44. The smallest absolute Gasteiger partial charge is 0.0638 e. The summed E-state index contributed by atoms with van der Waals surface area (Å²) in [6.07, 6.45) is 0. The topological polar surface area (TPSA) is 26.0 Å². The van der Waals surface area contributed by atoms with Crippen molar-refractivity contribution in [3.05, 3.63) is 28.3 Å². The minimum atomic E-state index is 0.128. The minimum Gasteiger partial charge on any atom is -0.398 e. The molecule has 1 aromatic rings. The summed E-state index contributed by atoms with van der Waals surface area (Å²) < 4.78 is 0. The molecule has 2 N–H and O–H groups in total. The van der Waals surface area contributed by atoms with E-state index in [1.807, 2.05) is 12.1 Å². The number of halogens is 1. The first-order chi connectivity index (χ1) is 5.82. The highest BCUT2D eigenvalue weighted by atomic mass is 35.5. The van der Waals surface area contributed by atoms with Crippen molar-refractivity contribution in [3.63, 3.8) is 0 Å². The molecule has 0 aliphatic carbocycles. The third-order valence-electron chi connectivity index (χ3n) is 2.15. The molecule has 0 spiro atoms. The van der Waals surface area contributed by atoms with Gasteiger partial charge in [-0.15, -0.1) is 0 Å². The third kappa shape index (κ3) is 2.16. The molecule has 0 aliphatic heterocycles. The van der Waals surface area contributed by atoms with Gasteiger partial charge < -0.3 is 5.73 Å². The van der Waals surface area contributed by atoms with Gasteiger partial charge in [0, 0.05) is 0 Å². The van der Waals surface area contributed by atoms with E-state index < -0.39 is 0 Å². The van der Waals surface area contributed by atoms with Gasteiger partial charge in [-0.05, 0) is 35.6 Å². The van der Waals surface area contributed by atoms with Crippen LogP contribution < -0.4 is 5.73 Å². The number of nitrogens with two attached hydrogens (primary N) is 1. The molecule has 0 fully saturated rings. The molecule has 0 radical (unpaired) electrons. The summed E-state index contributed by atoms with van der Waals surface area (Å²) >= 11 is 5.91. The van der Waals surface area contributed by atoms with E-state index in [1.54, 1.807) is 0 Å². The van der Waals surface area contributed by atoms with E-state index in [2.05, 4.69) is 27.7 Å². The summed E-state index contributed by atoms with van der Waals surface area (Å²) in [6, 6.07) is 3.90. The lowest BCUT2D eigenvalue weighted by atomic mass is 9.84. The maximum absolute atomic E-state index is 5.91. The zero-order chi connectivity index (χ0) is 10.2. The van der Waals surface area contributed by atoms with Crippen LogP contribution in [0.2, 0.25) is 5.02 Å². The highest BCUT2D eigenvalue weighted by Gasteiger charge is 2.17. The number of hydrogen-bond acceptors (Lipinski definition) is 1. The number of nitrogen functional groups attached to an aromatic ring is 1. The van der Waals surface area contributed by atoms with Crippen molar-refractivity contribution >= 4 is 17.3 Å². The number of benzene rings is 1. The molecule has 0 aromatic heterocycles. The molecule has 0 saturated heterocycles. The average Bonchev–Trinajstić information content (AvgIpc) is 1.94. The van der Waals surface area contributed by atoms with Crippen LogP contribution in [-0.4, -0.2) is 0 Å². The van der Waals surface area contributed by atoms with Crippen molar-refractivity contribution in [2.45, 2.75) is 33.1 Å². The van der Waals surface area contributed by atoms with E-state index in [1.165, 1.54) is 11.1 Å². The Labute approximate surface area is 84.9 Å². The Kier molecular flexibility index (Phi) is 2.58. The predicted octanol–water partition coefficient (Wildman–Crippen LogP) is 3.53. The van der Waals surface area contributed by atoms with Crippen LogP contribution in [0.1, 0.15) is 31.9 Å². The monoisotopic (exact) mass is 197 g/mol. The zero-order valence-corrected chi connectivity index (χ0v) is 9.37. The number of anilines is 1. The van der Waals surface area contributed by atoms with Gasteiger partial charge in [0.2, 0.25) is 0 Å². The van der Waals surface area contributed by atoms with Gasteiger partial charge in [0.25, 0.3) is 0 Å². The highest BCUT2D eigenvalue weighted by molar-refractivity contribution is 6.33. The molecule has 0 unspecified atom stereocenters. The van der Waals surface area contributed by atoms with Gasteiger partial charge in [-0.2, -0.15) is 0 Å². The lowest BCUT2D eigenvalue weighted by Crippen LogP contribution is -2.13. The van der Waals surface area contributed by atoms with Crippen LogP contribution in [0.25, 0.3) is 0 Å². The van der Waals surface area contributed by atoms with Crippen LogP contribution in [-0.2, 0) is 5.41 Å². The van der Waals surface area contributed by atoms with Crippen LogP contribution in [0.15, 0.2) is 12.1 Å². The lowest BCUT2D eigenvalue weighted by Gasteiger charge is -2.22. The SMILES string of the molecule is Cc1cc(Cl)c(N)cc1C(C)(C)C. The molecule has 1 nitrogen and oxygen atoms in total. The van der Waals surface area contributed by atoms with Crippen molar-refractivity contribution in [1.82, 2.24) is 0 Å². The van der Waals surface area contributed by atoms with Crippen molar-refractivity contribution < 1.29 is 0 Å². The van der Waals surface area contributed by atoms with Gasteiger partial charge in [-0.3, -0.25) is 0 Å². The molecule has 0 heterocycles. The standard InChI is InChI=1S/C11H16ClN/c1-7-5-9(12)10(13)6-8(7)11(2,3)4/h5-6H,13H2,1-4H3. The molecule has 1 rings (SSSR count). The van der Waals surface area contributed by atoms with E-state index in [0.29, 0.717) is 10.7 Å². The highest BCUT2D eigenvalue weighted by Crippen LogP contribution is 2.31. The summed E-state index contributed by atoms with van der Waals surface area (Å²) in [4.78, 5) is 0. The Morgan fingerprint density at radius 1 is 1.23 bits per heavy atom. The maximum atomic E-state index is 5.91. The second-order valence-corrected chi connectivity index (χ2v) is 4.85. The van der Waals surface area contributed by atoms with E-state index in [0.717, 1.165) is 0 Å². The summed E-state index contributed by atoms with van der Waals surface area (Å²) in [5, 5.41) is 0.644. The van der Waals surface area contributed by atoms with Crippen molar-refractivity contribution in [1.29, 1.82) is 0 Å². The molecule has 0 bridgehead atoms. The average molecular weight is 198 g/mol. The van der Waals surface area contributed by atoms with Gasteiger partial charge in [-0.25, -0.2) is 0 Å². The molecule has 1 aromatic carbocycles. The normalized spacial score (nSPS) is 11.8. The number of rotatable bonds is 0. The van der Waals surface area contributed by atoms with Gasteiger partial charge >= 0.3 is 0 Å². The largest absolute Gasteiger partial charge is 0.398 e. The fourth-order valence-electron chi connectivity index (χ4n) is 1.50. The fourth-order valence-corrected chi connectivity index (χ4v) is 1.72. The molecular formula is C11H16ClN. The summed E-state index contributed by atoms with van der Waals surface area (Å²) in [7, 11) is 0. The van der Waals surface area contributed by atoms with Crippen LogP contribution in [0.5, 0.6) is 0 Å². The Bertz CT molecular complexity index is 324. The first kappa shape index (κ1) is 10.4. The van der Waals surface area contributed by atoms with Gasteiger partial charge in [0.15, 0.2) is 0 Å². The predicted molar refractivity (Wildman–Crippen MR) is 59.3 cm³/mol. The molecule has 2 heteroatoms. The molecule has 13 heavy (non-hydrogen) atoms. The lowest BCUT2D eigenvalue weighted by molar-refractivity contribution is 0.586. The van der Waals surface area contributed by atoms with Crippen LogP contribution >= 0.6 is 11.6 Å². The van der Waals surface area contributed by atoms with Gasteiger partial charge in [0.05, 0.1) is 10.7 Å². The first-order valence-electron chi connectivity index (χ1n) is 4.38. The minimum absolute atomic E-state index is 0.128. The maximum Gasteiger partial charge on any atom is 0.0638 e. The van der Waals surface area contributed by atoms with Crippen LogP contribution in [0, 0.1) is 6.92 Å². The quantitative estimate of drug-likeness (QED) is 0.633. The molecular weight excluding hydrogens is 182 g/mol. The zero-order valence-electron chi connectivity index (χ0n) is 8.61.